The Balaban J connectivity index is 1.39. The number of Topliss-reactive ketones (excluding diaryl/α,β-unsaturated/α-hetero) is 1. The Labute approximate surface area is 231 Å². The average molecular weight is 565 g/mol. The predicted molar refractivity (Wildman–Crippen MR) is 147 cm³/mol. The van der Waals surface area contributed by atoms with Crippen LogP contribution in [0.1, 0.15) is 47.2 Å². The van der Waals surface area contributed by atoms with E-state index in [9.17, 15) is 17.8 Å². The van der Waals surface area contributed by atoms with Crippen LogP contribution in [0.2, 0.25) is 0 Å². The highest BCUT2D eigenvalue weighted by molar-refractivity contribution is 7.82. The number of carbonyl (C=O) groups is 1. The molecule has 6 rings (SSSR count). The summed E-state index contributed by atoms with van der Waals surface area (Å²) in [6, 6.07) is 11.8. The van der Waals surface area contributed by atoms with Crippen LogP contribution in [0, 0.1) is 17.0 Å². The van der Waals surface area contributed by atoms with E-state index in [2.05, 4.69) is 16.2 Å². The molecule has 10 heteroatoms. The fraction of sp³-hybridized carbons (Fsp3) is 0.276. The summed E-state index contributed by atoms with van der Waals surface area (Å²) in [6.07, 6.45) is 7.78. The van der Waals surface area contributed by atoms with Crippen LogP contribution in [0.25, 0.3) is 11.8 Å². The lowest BCUT2D eigenvalue weighted by atomic mass is 9.61. The number of hydrogen-bond donors (Lipinski definition) is 0. The molecule has 2 aromatic heterocycles. The van der Waals surface area contributed by atoms with Gasteiger partial charge >= 0.3 is 0 Å². The highest BCUT2D eigenvalue weighted by Gasteiger charge is 2.51. The molecule has 0 aliphatic heterocycles. The van der Waals surface area contributed by atoms with E-state index in [-0.39, 0.29) is 23.5 Å². The molecule has 0 spiro atoms. The number of rotatable bonds is 7. The van der Waals surface area contributed by atoms with E-state index in [1.54, 1.807) is 46.7 Å². The number of aromatic nitrogens is 3. The van der Waals surface area contributed by atoms with Crippen molar-refractivity contribution in [3.8, 4) is 5.69 Å². The smallest absolute Gasteiger partial charge is 0.201 e. The third kappa shape index (κ3) is 4.60. The van der Waals surface area contributed by atoms with Crippen LogP contribution in [-0.4, -0.2) is 41.6 Å². The van der Waals surface area contributed by atoms with E-state index in [1.807, 2.05) is 11.2 Å². The summed E-state index contributed by atoms with van der Waals surface area (Å²) >= 11 is 1.33. The van der Waals surface area contributed by atoms with Gasteiger partial charge in [-0.2, -0.15) is 5.10 Å². The van der Waals surface area contributed by atoms with Gasteiger partial charge in [0.1, 0.15) is 22.6 Å². The van der Waals surface area contributed by atoms with Crippen molar-refractivity contribution in [2.45, 2.75) is 43.5 Å². The molecule has 1 unspecified atom stereocenters. The van der Waals surface area contributed by atoms with Gasteiger partial charge in [0, 0.05) is 24.2 Å². The number of halogens is 2. The normalized spacial score (nSPS) is 21.2. The fourth-order valence-electron chi connectivity index (χ4n) is 5.85. The van der Waals surface area contributed by atoms with E-state index in [0.29, 0.717) is 35.7 Å². The molecular formula is C29H26F2N4O2S2. The minimum absolute atomic E-state index is 0.0303. The molecular weight excluding hydrogens is 538 g/mol. The molecule has 2 aromatic carbocycles. The summed E-state index contributed by atoms with van der Waals surface area (Å²) in [4.78, 5) is 19.1. The van der Waals surface area contributed by atoms with Gasteiger partial charge in [-0.25, -0.2) is 27.0 Å². The molecule has 39 heavy (non-hydrogen) atoms. The maximum atomic E-state index is 14.2. The van der Waals surface area contributed by atoms with Gasteiger partial charge < -0.3 is 0 Å². The van der Waals surface area contributed by atoms with Gasteiger partial charge in [0.2, 0.25) is 5.78 Å². The average Bonchev–Trinajstić information content (AvgIpc) is 3.63. The van der Waals surface area contributed by atoms with Crippen molar-refractivity contribution in [3.63, 3.8) is 0 Å². The van der Waals surface area contributed by atoms with Crippen molar-refractivity contribution >= 4 is 34.2 Å². The van der Waals surface area contributed by atoms with Crippen molar-refractivity contribution in [1.29, 1.82) is 0 Å². The number of thiazole rings is 1. The SMILES string of the molecule is CCN([C@H]1CCC2=Cc3c(cnn3-c3ccc(F)cc3)C[C@]2(C(=O)c2nccs2)C1)S(=O)c1ccc(F)cc1. The largest absolute Gasteiger partial charge is 0.290 e. The molecule has 2 aliphatic carbocycles. The molecule has 2 heterocycles. The Hall–Kier alpha value is -3.34. The van der Waals surface area contributed by atoms with Crippen molar-refractivity contribution < 1.29 is 17.8 Å². The molecule has 0 amide bonds. The van der Waals surface area contributed by atoms with Gasteiger partial charge in [-0.15, -0.1) is 11.3 Å². The molecule has 0 saturated heterocycles. The second-order valence-corrected chi connectivity index (χ2v) is 12.2. The second-order valence-electron chi connectivity index (χ2n) is 9.87. The molecule has 0 N–H and O–H groups in total. The molecule has 4 aromatic rings. The Kier molecular flexibility index (Phi) is 6.86. The van der Waals surface area contributed by atoms with Crippen LogP contribution in [0.15, 0.2) is 76.8 Å². The molecule has 1 fully saturated rings. The van der Waals surface area contributed by atoms with Crippen molar-refractivity contribution in [2.24, 2.45) is 5.41 Å². The fourth-order valence-corrected chi connectivity index (χ4v) is 7.85. The molecule has 1 saturated carbocycles. The number of hydrogen-bond acceptors (Lipinski definition) is 5. The van der Waals surface area contributed by atoms with E-state index in [1.165, 1.54) is 35.6 Å². The van der Waals surface area contributed by atoms with Gasteiger partial charge in [-0.05, 0) is 85.9 Å². The molecule has 2 aliphatic rings. The number of allylic oxidation sites excluding steroid dienone is 1. The summed E-state index contributed by atoms with van der Waals surface area (Å²) in [5, 5.41) is 6.85. The zero-order chi connectivity index (χ0) is 27.1. The third-order valence-corrected chi connectivity index (χ3v) is 10.1. The van der Waals surface area contributed by atoms with Crippen LogP contribution in [0.5, 0.6) is 0 Å². The number of carbonyl (C=O) groups excluding carboxylic acids is 1. The maximum Gasteiger partial charge on any atom is 0.201 e. The molecule has 200 valence electrons. The van der Waals surface area contributed by atoms with Gasteiger partial charge in [0.05, 0.1) is 27.9 Å². The monoisotopic (exact) mass is 564 g/mol. The topological polar surface area (TPSA) is 68.1 Å². The Morgan fingerprint density at radius 3 is 2.54 bits per heavy atom. The van der Waals surface area contributed by atoms with Crippen molar-refractivity contribution in [2.75, 3.05) is 6.54 Å². The first-order valence-electron chi connectivity index (χ1n) is 12.8. The summed E-state index contributed by atoms with van der Waals surface area (Å²) in [5.74, 6) is -0.723. The first kappa shape index (κ1) is 25.9. The van der Waals surface area contributed by atoms with Crippen molar-refractivity contribution in [3.05, 3.63) is 99.8 Å². The standard InChI is InChI=1S/C29H26F2N4O2S2/c1-2-34(39(37)25-11-6-22(31)7-12-25)24-8-3-20-15-26-19(18-33-35(26)23-9-4-21(30)5-10-23)16-29(20,17-24)27(36)28-32-13-14-38-28/h4-7,9-15,18,24H,2-3,8,16-17H2,1H3/t24-,29-,39?/m0/s1. The zero-order valence-corrected chi connectivity index (χ0v) is 22.9. The predicted octanol–water partition coefficient (Wildman–Crippen LogP) is 6.01. The Morgan fingerprint density at radius 1 is 1.15 bits per heavy atom. The highest BCUT2D eigenvalue weighted by atomic mass is 32.2. The molecule has 0 bridgehead atoms. The van der Waals surface area contributed by atoms with Crippen LogP contribution >= 0.6 is 11.3 Å². The van der Waals surface area contributed by atoms with Crippen LogP contribution < -0.4 is 0 Å². The zero-order valence-electron chi connectivity index (χ0n) is 21.2. The summed E-state index contributed by atoms with van der Waals surface area (Å²) < 4.78 is 44.4. The number of ketones is 1. The van der Waals surface area contributed by atoms with Crippen molar-refractivity contribution in [1.82, 2.24) is 19.1 Å². The first-order valence-corrected chi connectivity index (χ1v) is 14.8. The Bertz CT molecular complexity index is 1570. The van der Waals surface area contributed by atoms with Crippen LogP contribution in [0.4, 0.5) is 8.78 Å². The van der Waals surface area contributed by atoms with Gasteiger partial charge in [0.15, 0.2) is 5.01 Å². The van der Waals surface area contributed by atoms with Crippen LogP contribution in [-0.2, 0) is 17.4 Å². The number of nitrogens with zero attached hydrogens (tertiary/aromatic N) is 4. The second kappa shape index (κ2) is 10.3. The number of fused-ring (bicyclic) bond motifs is 2. The molecule has 3 atom stereocenters. The van der Waals surface area contributed by atoms with Crippen LogP contribution in [0.3, 0.4) is 0 Å². The minimum atomic E-state index is -1.50. The lowest BCUT2D eigenvalue weighted by Gasteiger charge is -2.46. The molecule has 6 nitrogen and oxygen atoms in total. The third-order valence-electron chi connectivity index (χ3n) is 7.71. The quantitative estimate of drug-likeness (QED) is 0.258. The lowest BCUT2D eigenvalue weighted by Crippen LogP contribution is -2.49. The highest BCUT2D eigenvalue weighted by Crippen LogP contribution is 2.51. The summed E-state index contributed by atoms with van der Waals surface area (Å²) in [5.41, 5.74) is 2.73. The van der Waals surface area contributed by atoms with E-state index < -0.39 is 16.4 Å². The lowest BCUT2D eigenvalue weighted by molar-refractivity contribution is 0.0747. The van der Waals surface area contributed by atoms with E-state index >= 15 is 0 Å². The molecule has 0 radical (unpaired) electrons. The number of benzene rings is 2. The van der Waals surface area contributed by atoms with Gasteiger partial charge in [-0.3, -0.25) is 4.79 Å². The Morgan fingerprint density at radius 2 is 1.87 bits per heavy atom. The summed E-state index contributed by atoms with van der Waals surface area (Å²) in [7, 11) is -1.50. The summed E-state index contributed by atoms with van der Waals surface area (Å²) in [6.45, 7) is 2.47. The van der Waals surface area contributed by atoms with Gasteiger partial charge in [-0.1, -0.05) is 12.5 Å². The van der Waals surface area contributed by atoms with E-state index in [4.69, 9.17) is 0 Å². The first-order chi connectivity index (χ1) is 18.9. The van der Waals surface area contributed by atoms with E-state index in [0.717, 1.165) is 28.9 Å². The maximum absolute atomic E-state index is 14.2. The minimum Gasteiger partial charge on any atom is -0.290 e. The van der Waals surface area contributed by atoms with Gasteiger partial charge in [0.25, 0.3) is 0 Å².